The predicted octanol–water partition coefficient (Wildman–Crippen LogP) is 4.40. The van der Waals surface area contributed by atoms with Crippen LogP contribution in [0, 0.1) is 5.92 Å². The lowest BCUT2D eigenvalue weighted by Gasteiger charge is -2.31. The third-order valence-electron chi connectivity index (χ3n) is 4.92. The molecule has 1 nitrogen and oxygen atoms in total. The molecule has 0 heterocycles. The summed E-state index contributed by atoms with van der Waals surface area (Å²) >= 11 is 0. The van der Waals surface area contributed by atoms with Gasteiger partial charge in [0, 0.05) is 6.04 Å². The lowest BCUT2D eigenvalue weighted by atomic mass is 9.81. The standard InChI is InChI=1S/C17H25N/c1-13-10-11-17(16-9-5-4-8-15(13)16)18-12-14-6-2-3-7-14/h4-5,8-9,13-14,17-18H,2-3,6-7,10-12H2,1H3. The lowest BCUT2D eigenvalue weighted by Crippen LogP contribution is -2.29. The first-order valence-electron chi connectivity index (χ1n) is 7.67. The summed E-state index contributed by atoms with van der Waals surface area (Å²) in [7, 11) is 0. The molecule has 2 aliphatic carbocycles. The average molecular weight is 243 g/mol. The third kappa shape index (κ3) is 2.47. The summed E-state index contributed by atoms with van der Waals surface area (Å²) in [6, 6.07) is 9.65. The molecule has 0 aromatic heterocycles. The number of rotatable bonds is 3. The van der Waals surface area contributed by atoms with E-state index in [2.05, 4.69) is 36.5 Å². The van der Waals surface area contributed by atoms with Gasteiger partial charge in [-0.2, -0.15) is 0 Å². The molecule has 0 aliphatic heterocycles. The number of hydrogen-bond acceptors (Lipinski definition) is 1. The molecule has 1 N–H and O–H groups in total. The SMILES string of the molecule is CC1CCC(NCC2CCCC2)c2ccccc21. The van der Waals surface area contributed by atoms with Crippen molar-refractivity contribution >= 4 is 0 Å². The van der Waals surface area contributed by atoms with Crippen molar-refractivity contribution < 1.29 is 0 Å². The Kier molecular flexibility index (Phi) is 3.69. The molecule has 0 amide bonds. The Morgan fingerprint density at radius 3 is 2.50 bits per heavy atom. The number of nitrogens with one attached hydrogen (secondary N) is 1. The van der Waals surface area contributed by atoms with Crippen LogP contribution in [0.2, 0.25) is 0 Å². The van der Waals surface area contributed by atoms with E-state index in [1.54, 1.807) is 11.1 Å². The second-order valence-corrected chi connectivity index (χ2v) is 6.22. The highest BCUT2D eigenvalue weighted by molar-refractivity contribution is 5.34. The Labute approximate surface area is 111 Å². The first kappa shape index (κ1) is 12.2. The fourth-order valence-corrected chi connectivity index (χ4v) is 3.74. The number of hydrogen-bond donors (Lipinski definition) is 1. The van der Waals surface area contributed by atoms with Crippen molar-refractivity contribution in [2.45, 2.75) is 57.4 Å². The number of fused-ring (bicyclic) bond motifs is 1. The second kappa shape index (κ2) is 5.44. The van der Waals surface area contributed by atoms with Gasteiger partial charge in [-0.3, -0.25) is 0 Å². The van der Waals surface area contributed by atoms with E-state index < -0.39 is 0 Å². The van der Waals surface area contributed by atoms with Crippen LogP contribution in [-0.4, -0.2) is 6.54 Å². The van der Waals surface area contributed by atoms with Gasteiger partial charge in [0.2, 0.25) is 0 Å². The van der Waals surface area contributed by atoms with Crippen LogP contribution in [0.3, 0.4) is 0 Å². The summed E-state index contributed by atoms with van der Waals surface area (Å²) in [6.45, 7) is 3.60. The Morgan fingerprint density at radius 1 is 1.00 bits per heavy atom. The summed E-state index contributed by atoms with van der Waals surface area (Å²) in [4.78, 5) is 0. The molecule has 3 rings (SSSR count). The quantitative estimate of drug-likeness (QED) is 0.829. The molecule has 1 aromatic rings. The molecule has 0 spiro atoms. The summed E-state index contributed by atoms with van der Waals surface area (Å²) in [6.07, 6.45) is 8.43. The molecule has 0 bridgehead atoms. The molecule has 1 fully saturated rings. The summed E-state index contributed by atoms with van der Waals surface area (Å²) in [5, 5.41) is 3.84. The van der Waals surface area contributed by atoms with Gasteiger partial charge >= 0.3 is 0 Å². The fraction of sp³-hybridized carbons (Fsp3) is 0.647. The minimum absolute atomic E-state index is 0.609. The lowest BCUT2D eigenvalue weighted by molar-refractivity contribution is 0.390. The van der Waals surface area contributed by atoms with Crippen molar-refractivity contribution in [1.29, 1.82) is 0 Å². The maximum Gasteiger partial charge on any atom is 0.0323 e. The molecular weight excluding hydrogens is 218 g/mol. The predicted molar refractivity (Wildman–Crippen MR) is 76.8 cm³/mol. The van der Waals surface area contributed by atoms with Gasteiger partial charge in [-0.05, 0) is 55.2 Å². The Balaban J connectivity index is 1.68. The van der Waals surface area contributed by atoms with Gasteiger partial charge in [-0.25, -0.2) is 0 Å². The third-order valence-corrected chi connectivity index (χ3v) is 4.92. The zero-order chi connectivity index (χ0) is 12.4. The molecule has 98 valence electrons. The highest BCUT2D eigenvalue weighted by Gasteiger charge is 2.25. The normalized spacial score (nSPS) is 28.3. The Hall–Kier alpha value is -0.820. The minimum Gasteiger partial charge on any atom is -0.310 e. The Bertz CT molecular complexity index is 392. The first-order valence-corrected chi connectivity index (χ1v) is 7.67. The van der Waals surface area contributed by atoms with Crippen LogP contribution < -0.4 is 5.32 Å². The van der Waals surface area contributed by atoms with E-state index >= 15 is 0 Å². The zero-order valence-electron chi connectivity index (χ0n) is 11.5. The van der Waals surface area contributed by atoms with Crippen molar-refractivity contribution in [3.05, 3.63) is 35.4 Å². The zero-order valence-corrected chi connectivity index (χ0v) is 11.5. The molecule has 1 saturated carbocycles. The topological polar surface area (TPSA) is 12.0 Å². The van der Waals surface area contributed by atoms with E-state index in [1.807, 2.05) is 0 Å². The van der Waals surface area contributed by atoms with Crippen molar-refractivity contribution in [3.8, 4) is 0 Å². The molecule has 2 aliphatic rings. The van der Waals surface area contributed by atoms with Crippen molar-refractivity contribution in [2.75, 3.05) is 6.54 Å². The largest absolute Gasteiger partial charge is 0.310 e. The molecule has 2 atom stereocenters. The van der Waals surface area contributed by atoms with Gasteiger partial charge in [0.05, 0.1) is 0 Å². The summed E-state index contributed by atoms with van der Waals surface area (Å²) in [5.74, 6) is 1.68. The van der Waals surface area contributed by atoms with E-state index in [0.717, 1.165) is 11.8 Å². The second-order valence-electron chi connectivity index (χ2n) is 6.22. The van der Waals surface area contributed by atoms with Crippen LogP contribution >= 0.6 is 0 Å². The molecular formula is C17H25N. The van der Waals surface area contributed by atoms with Crippen LogP contribution in [0.25, 0.3) is 0 Å². The average Bonchev–Trinajstić information content (AvgIpc) is 2.92. The van der Waals surface area contributed by atoms with Gasteiger partial charge in [0.15, 0.2) is 0 Å². The van der Waals surface area contributed by atoms with E-state index in [4.69, 9.17) is 0 Å². The van der Waals surface area contributed by atoms with Crippen molar-refractivity contribution in [2.24, 2.45) is 5.92 Å². The Morgan fingerprint density at radius 2 is 1.72 bits per heavy atom. The van der Waals surface area contributed by atoms with Crippen LogP contribution in [0.1, 0.15) is 68.5 Å². The van der Waals surface area contributed by atoms with Crippen LogP contribution in [0.5, 0.6) is 0 Å². The maximum atomic E-state index is 3.84. The van der Waals surface area contributed by atoms with E-state index in [1.165, 1.54) is 45.1 Å². The van der Waals surface area contributed by atoms with Gasteiger partial charge in [0.1, 0.15) is 0 Å². The van der Waals surface area contributed by atoms with Gasteiger partial charge in [-0.1, -0.05) is 44.0 Å². The number of benzene rings is 1. The fourth-order valence-electron chi connectivity index (χ4n) is 3.74. The van der Waals surface area contributed by atoms with Crippen LogP contribution in [0.4, 0.5) is 0 Å². The van der Waals surface area contributed by atoms with E-state index in [9.17, 15) is 0 Å². The summed E-state index contributed by atoms with van der Waals surface area (Å²) < 4.78 is 0. The first-order chi connectivity index (χ1) is 8.84. The van der Waals surface area contributed by atoms with E-state index in [-0.39, 0.29) is 0 Å². The van der Waals surface area contributed by atoms with Gasteiger partial charge < -0.3 is 5.32 Å². The van der Waals surface area contributed by atoms with Crippen molar-refractivity contribution in [3.63, 3.8) is 0 Å². The van der Waals surface area contributed by atoms with Crippen LogP contribution in [-0.2, 0) is 0 Å². The van der Waals surface area contributed by atoms with Gasteiger partial charge in [-0.15, -0.1) is 0 Å². The minimum atomic E-state index is 0.609. The van der Waals surface area contributed by atoms with Crippen LogP contribution in [0.15, 0.2) is 24.3 Å². The monoisotopic (exact) mass is 243 g/mol. The summed E-state index contributed by atoms with van der Waals surface area (Å²) in [5.41, 5.74) is 3.14. The maximum absolute atomic E-state index is 3.84. The molecule has 0 saturated heterocycles. The molecule has 1 aromatic carbocycles. The molecule has 2 unspecified atom stereocenters. The highest BCUT2D eigenvalue weighted by atomic mass is 14.9. The highest BCUT2D eigenvalue weighted by Crippen LogP contribution is 2.37. The molecule has 18 heavy (non-hydrogen) atoms. The van der Waals surface area contributed by atoms with Crippen molar-refractivity contribution in [1.82, 2.24) is 5.32 Å². The molecule has 0 radical (unpaired) electrons. The molecule has 1 heteroatoms. The smallest absolute Gasteiger partial charge is 0.0323 e. The van der Waals surface area contributed by atoms with Gasteiger partial charge in [0.25, 0.3) is 0 Å². The van der Waals surface area contributed by atoms with E-state index in [0.29, 0.717) is 6.04 Å².